The number of aliphatic hydroxyl groups is 1. The van der Waals surface area contributed by atoms with Crippen LogP contribution in [0.4, 0.5) is 0 Å². The van der Waals surface area contributed by atoms with Gasteiger partial charge in [-0.3, -0.25) is 4.98 Å². The van der Waals surface area contributed by atoms with Gasteiger partial charge in [-0.2, -0.15) is 0 Å². The lowest BCUT2D eigenvalue weighted by atomic mass is 10.1. The Morgan fingerprint density at radius 3 is 2.33 bits per heavy atom. The molecule has 1 N–H and O–H groups in total. The van der Waals surface area contributed by atoms with Gasteiger partial charge in [-0.25, -0.2) is 0 Å². The fourth-order valence-electron chi connectivity index (χ4n) is 2.10. The summed E-state index contributed by atoms with van der Waals surface area (Å²) in [4.78, 5) is 4.23. The maximum atomic E-state index is 9.71. The third-order valence-corrected chi connectivity index (χ3v) is 3.47. The van der Waals surface area contributed by atoms with E-state index in [1.54, 1.807) is 12.3 Å². The highest BCUT2D eigenvalue weighted by atomic mass is 16.5. The average molecular weight is 285 g/mol. The number of unbranched alkanes of at least 4 members (excludes halogenated alkanes) is 1. The Bertz CT molecular complexity index is 534. The van der Waals surface area contributed by atoms with Gasteiger partial charge in [0.25, 0.3) is 0 Å². The summed E-state index contributed by atoms with van der Waals surface area (Å²) in [5.74, 6) is 1.49. The zero-order chi connectivity index (χ0) is 15.1. The van der Waals surface area contributed by atoms with E-state index in [2.05, 4.69) is 24.0 Å². The van der Waals surface area contributed by atoms with Crippen LogP contribution in [-0.2, 0) is 6.42 Å². The molecule has 0 saturated heterocycles. The van der Waals surface area contributed by atoms with Crippen molar-refractivity contribution < 1.29 is 9.84 Å². The molecule has 0 bridgehead atoms. The number of hydrogen-bond acceptors (Lipinski definition) is 3. The van der Waals surface area contributed by atoms with E-state index in [0.717, 1.165) is 12.2 Å². The summed E-state index contributed by atoms with van der Waals surface area (Å²) in [5.41, 5.74) is 2.02. The molecule has 1 atom stereocenters. The van der Waals surface area contributed by atoms with E-state index in [1.165, 1.54) is 18.4 Å². The Balaban J connectivity index is 1.97. The minimum atomic E-state index is -0.503. The van der Waals surface area contributed by atoms with Crippen LogP contribution in [0.2, 0.25) is 0 Å². The highest BCUT2D eigenvalue weighted by Gasteiger charge is 2.06. The zero-order valence-electron chi connectivity index (χ0n) is 12.7. The van der Waals surface area contributed by atoms with Crippen molar-refractivity contribution in [2.24, 2.45) is 0 Å². The molecule has 1 aromatic heterocycles. The molecule has 0 unspecified atom stereocenters. The summed E-state index contributed by atoms with van der Waals surface area (Å²) >= 11 is 0. The van der Waals surface area contributed by atoms with Crippen LogP contribution in [0.25, 0.3) is 0 Å². The van der Waals surface area contributed by atoms with Gasteiger partial charge in [0.05, 0.1) is 18.0 Å². The van der Waals surface area contributed by atoms with Gasteiger partial charge in [-0.15, -0.1) is 0 Å². The van der Waals surface area contributed by atoms with Gasteiger partial charge in [0.15, 0.2) is 0 Å². The Morgan fingerprint density at radius 1 is 1.05 bits per heavy atom. The summed E-state index contributed by atoms with van der Waals surface area (Å²) in [6, 6.07) is 11.8. The molecule has 0 spiro atoms. The van der Waals surface area contributed by atoms with Crippen molar-refractivity contribution in [2.75, 3.05) is 0 Å². The van der Waals surface area contributed by atoms with E-state index in [0.29, 0.717) is 17.9 Å². The van der Waals surface area contributed by atoms with Crippen LogP contribution in [0.1, 0.15) is 50.5 Å². The third kappa shape index (κ3) is 4.57. The Labute approximate surface area is 126 Å². The van der Waals surface area contributed by atoms with E-state index in [4.69, 9.17) is 4.74 Å². The van der Waals surface area contributed by atoms with Crippen molar-refractivity contribution in [1.29, 1.82) is 0 Å². The van der Waals surface area contributed by atoms with Gasteiger partial charge >= 0.3 is 0 Å². The molecule has 0 aliphatic heterocycles. The van der Waals surface area contributed by atoms with Crippen LogP contribution < -0.4 is 4.74 Å². The number of nitrogens with zero attached hydrogens (tertiary/aromatic N) is 1. The molecule has 0 aliphatic rings. The van der Waals surface area contributed by atoms with Gasteiger partial charge in [0.1, 0.15) is 11.5 Å². The summed E-state index contributed by atoms with van der Waals surface area (Å²) < 4.78 is 5.76. The number of ether oxygens (including phenoxy) is 1. The van der Waals surface area contributed by atoms with Crippen molar-refractivity contribution >= 4 is 0 Å². The Morgan fingerprint density at radius 2 is 1.76 bits per heavy atom. The lowest BCUT2D eigenvalue weighted by Gasteiger charge is -2.09. The fourth-order valence-corrected chi connectivity index (χ4v) is 2.10. The Kier molecular flexibility index (Phi) is 5.76. The molecule has 2 rings (SSSR count). The quantitative estimate of drug-likeness (QED) is 0.804. The van der Waals surface area contributed by atoms with Gasteiger partial charge in [0, 0.05) is 0 Å². The van der Waals surface area contributed by atoms with Crippen LogP contribution >= 0.6 is 0 Å². The average Bonchev–Trinajstić information content (AvgIpc) is 2.54. The number of aromatic nitrogens is 1. The van der Waals surface area contributed by atoms with E-state index in [9.17, 15) is 5.11 Å². The normalized spacial score (nSPS) is 12.1. The van der Waals surface area contributed by atoms with Crippen molar-refractivity contribution in [3.05, 3.63) is 53.9 Å². The largest absolute Gasteiger partial charge is 0.456 e. The van der Waals surface area contributed by atoms with Gasteiger partial charge < -0.3 is 9.84 Å². The highest BCUT2D eigenvalue weighted by Crippen LogP contribution is 2.23. The SMILES string of the molecule is CCCCc1ccc(Oc2ccc([C@@H](O)CC)nc2)cc1. The first-order valence-electron chi connectivity index (χ1n) is 7.63. The summed E-state index contributed by atoms with van der Waals surface area (Å²) in [7, 11) is 0. The van der Waals surface area contributed by atoms with E-state index in [-0.39, 0.29) is 0 Å². The van der Waals surface area contributed by atoms with Crippen LogP contribution in [0.15, 0.2) is 42.6 Å². The monoisotopic (exact) mass is 285 g/mol. The Hall–Kier alpha value is -1.87. The molecule has 1 heterocycles. The molecule has 0 aliphatic carbocycles. The number of pyridine rings is 1. The molecule has 1 aromatic carbocycles. The molecule has 3 heteroatoms. The molecule has 2 aromatic rings. The summed E-state index contributed by atoms with van der Waals surface area (Å²) in [5, 5.41) is 9.71. The van der Waals surface area contributed by atoms with Crippen molar-refractivity contribution in [3.8, 4) is 11.5 Å². The highest BCUT2D eigenvalue weighted by molar-refractivity contribution is 5.32. The molecule has 112 valence electrons. The molecular formula is C18H23NO2. The molecule has 21 heavy (non-hydrogen) atoms. The van der Waals surface area contributed by atoms with Crippen LogP contribution in [0.5, 0.6) is 11.5 Å². The minimum absolute atomic E-state index is 0.503. The summed E-state index contributed by atoms with van der Waals surface area (Å²) in [6.07, 6.45) is 5.34. The third-order valence-electron chi connectivity index (χ3n) is 3.47. The first kappa shape index (κ1) is 15.5. The first-order chi connectivity index (χ1) is 10.2. The van der Waals surface area contributed by atoms with Gasteiger partial charge in [-0.05, 0) is 49.1 Å². The van der Waals surface area contributed by atoms with Crippen LogP contribution in [0, 0.1) is 0 Å². The number of aliphatic hydroxyl groups excluding tert-OH is 1. The zero-order valence-corrected chi connectivity index (χ0v) is 12.7. The van der Waals surface area contributed by atoms with E-state index >= 15 is 0 Å². The minimum Gasteiger partial charge on any atom is -0.456 e. The van der Waals surface area contributed by atoms with Crippen LogP contribution in [0.3, 0.4) is 0 Å². The topological polar surface area (TPSA) is 42.4 Å². The summed E-state index contributed by atoms with van der Waals surface area (Å²) in [6.45, 7) is 4.13. The smallest absolute Gasteiger partial charge is 0.145 e. The molecule has 0 fully saturated rings. The van der Waals surface area contributed by atoms with E-state index in [1.807, 2.05) is 25.1 Å². The predicted octanol–water partition coefficient (Wildman–Crippen LogP) is 4.66. The molecule has 0 amide bonds. The second-order valence-corrected chi connectivity index (χ2v) is 5.19. The fraction of sp³-hybridized carbons (Fsp3) is 0.389. The van der Waals surface area contributed by atoms with Gasteiger partial charge in [-0.1, -0.05) is 32.4 Å². The number of rotatable bonds is 7. The predicted molar refractivity (Wildman–Crippen MR) is 84.6 cm³/mol. The van der Waals surface area contributed by atoms with Crippen molar-refractivity contribution in [1.82, 2.24) is 4.98 Å². The lowest BCUT2D eigenvalue weighted by Crippen LogP contribution is -1.98. The molecule has 3 nitrogen and oxygen atoms in total. The van der Waals surface area contributed by atoms with Crippen LogP contribution in [-0.4, -0.2) is 10.1 Å². The second-order valence-electron chi connectivity index (χ2n) is 5.19. The first-order valence-corrected chi connectivity index (χ1v) is 7.63. The maximum absolute atomic E-state index is 9.71. The number of benzene rings is 1. The lowest BCUT2D eigenvalue weighted by molar-refractivity contribution is 0.169. The molecular weight excluding hydrogens is 262 g/mol. The number of hydrogen-bond donors (Lipinski definition) is 1. The molecule has 0 radical (unpaired) electrons. The van der Waals surface area contributed by atoms with Gasteiger partial charge in [0.2, 0.25) is 0 Å². The number of aryl methyl sites for hydroxylation is 1. The molecule has 0 saturated carbocycles. The maximum Gasteiger partial charge on any atom is 0.145 e. The van der Waals surface area contributed by atoms with Crippen molar-refractivity contribution in [3.63, 3.8) is 0 Å². The second kappa shape index (κ2) is 7.79. The van der Waals surface area contributed by atoms with E-state index < -0.39 is 6.10 Å². The standard InChI is InChI=1S/C18H23NO2/c1-3-5-6-14-7-9-15(10-8-14)21-16-11-12-17(19-13-16)18(20)4-2/h7-13,18,20H,3-6H2,1-2H3/t18-/m0/s1. The van der Waals surface area contributed by atoms with Crippen molar-refractivity contribution in [2.45, 2.75) is 45.6 Å².